The fourth-order valence-electron chi connectivity index (χ4n) is 2.21. The standard InChI is InChI=1S/C13H17N3O2/c1-16(8-12(14)17)13(18)11-6-9-4-2-3-5-10(9)7-15-11/h2-5,11,15H,6-8H2,1H3,(H2,14,17)/t11-/m0/s1. The maximum absolute atomic E-state index is 12.1. The molecule has 1 aliphatic heterocycles. The third-order valence-corrected chi connectivity index (χ3v) is 3.15. The summed E-state index contributed by atoms with van der Waals surface area (Å²) in [5.41, 5.74) is 7.49. The number of hydrogen-bond donors (Lipinski definition) is 2. The Hall–Kier alpha value is -1.88. The van der Waals surface area contributed by atoms with Gasteiger partial charge in [0.2, 0.25) is 11.8 Å². The maximum atomic E-state index is 12.1. The predicted molar refractivity (Wildman–Crippen MR) is 67.6 cm³/mol. The highest BCUT2D eigenvalue weighted by molar-refractivity contribution is 5.87. The third kappa shape index (κ3) is 2.68. The minimum Gasteiger partial charge on any atom is -0.368 e. The Balaban J connectivity index is 2.04. The van der Waals surface area contributed by atoms with Crippen LogP contribution in [0.2, 0.25) is 0 Å². The van der Waals surface area contributed by atoms with Crippen molar-refractivity contribution in [3.63, 3.8) is 0 Å². The quantitative estimate of drug-likeness (QED) is 0.766. The first-order valence-electron chi connectivity index (χ1n) is 5.91. The molecule has 18 heavy (non-hydrogen) atoms. The number of nitrogens with zero attached hydrogens (tertiary/aromatic N) is 1. The predicted octanol–water partition coefficient (Wildman–Crippen LogP) is -0.355. The summed E-state index contributed by atoms with van der Waals surface area (Å²) in [5.74, 6) is -0.592. The van der Waals surface area contributed by atoms with Gasteiger partial charge in [-0.15, -0.1) is 0 Å². The molecule has 0 bridgehead atoms. The van der Waals surface area contributed by atoms with Crippen molar-refractivity contribution in [1.82, 2.24) is 10.2 Å². The molecule has 1 aromatic carbocycles. The molecule has 96 valence electrons. The third-order valence-electron chi connectivity index (χ3n) is 3.15. The number of primary amides is 1. The van der Waals surface area contributed by atoms with Gasteiger partial charge < -0.3 is 16.0 Å². The highest BCUT2D eigenvalue weighted by Gasteiger charge is 2.26. The van der Waals surface area contributed by atoms with Crippen molar-refractivity contribution in [2.45, 2.75) is 19.0 Å². The molecule has 1 atom stereocenters. The van der Waals surface area contributed by atoms with Crippen molar-refractivity contribution in [2.24, 2.45) is 5.73 Å². The number of hydrogen-bond acceptors (Lipinski definition) is 3. The number of rotatable bonds is 3. The van der Waals surface area contributed by atoms with Gasteiger partial charge in [-0.3, -0.25) is 9.59 Å². The van der Waals surface area contributed by atoms with Crippen molar-refractivity contribution < 1.29 is 9.59 Å². The van der Waals surface area contributed by atoms with Gasteiger partial charge in [0.05, 0.1) is 12.6 Å². The first kappa shape index (κ1) is 12.6. The zero-order chi connectivity index (χ0) is 13.1. The van der Waals surface area contributed by atoms with Gasteiger partial charge in [-0.2, -0.15) is 0 Å². The van der Waals surface area contributed by atoms with Crippen LogP contribution in [0.15, 0.2) is 24.3 Å². The molecule has 0 aliphatic carbocycles. The van der Waals surface area contributed by atoms with Crippen LogP contribution in [0.25, 0.3) is 0 Å². The van der Waals surface area contributed by atoms with Gasteiger partial charge in [0.25, 0.3) is 0 Å². The Morgan fingerprint density at radius 3 is 2.72 bits per heavy atom. The van der Waals surface area contributed by atoms with Crippen molar-refractivity contribution in [2.75, 3.05) is 13.6 Å². The summed E-state index contributed by atoms with van der Waals surface area (Å²) in [4.78, 5) is 24.3. The second-order valence-corrected chi connectivity index (χ2v) is 4.57. The van der Waals surface area contributed by atoms with Crippen LogP contribution in [-0.2, 0) is 22.6 Å². The number of nitrogens with two attached hydrogens (primary N) is 1. The molecule has 0 aromatic heterocycles. The molecule has 0 fully saturated rings. The lowest BCUT2D eigenvalue weighted by Gasteiger charge is -2.28. The number of nitrogens with one attached hydrogen (secondary N) is 1. The van der Waals surface area contributed by atoms with Crippen molar-refractivity contribution in [3.8, 4) is 0 Å². The lowest BCUT2D eigenvalue weighted by molar-refractivity contribution is -0.135. The van der Waals surface area contributed by atoms with E-state index in [1.54, 1.807) is 7.05 Å². The largest absolute Gasteiger partial charge is 0.368 e. The smallest absolute Gasteiger partial charge is 0.240 e. The molecule has 0 unspecified atom stereocenters. The molecule has 1 aromatic rings. The summed E-state index contributed by atoms with van der Waals surface area (Å²) in [7, 11) is 1.59. The van der Waals surface area contributed by atoms with E-state index in [1.165, 1.54) is 16.0 Å². The minimum absolute atomic E-state index is 0.0430. The average molecular weight is 247 g/mol. The van der Waals surface area contributed by atoms with Gasteiger partial charge in [0.15, 0.2) is 0 Å². The summed E-state index contributed by atoms with van der Waals surface area (Å²) in [5, 5.41) is 3.19. The summed E-state index contributed by atoms with van der Waals surface area (Å²) >= 11 is 0. The molecule has 0 saturated carbocycles. The van der Waals surface area contributed by atoms with E-state index in [9.17, 15) is 9.59 Å². The second kappa shape index (κ2) is 5.18. The van der Waals surface area contributed by atoms with Gasteiger partial charge in [-0.05, 0) is 17.5 Å². The number of carbonyl (C=O) groups excluding carboxylic acids is 2. The Kier molecular flexibility index (Phi) is 3.62. The van der Waals surface area contributed by atoms with Crippen LogP contribution >= 0.6 is 0 Å². The van der Waals surface area contributed by atoms with Gasteiger partial charge in [0.1, 0.15) is 0 Å². The normalized spacial score (nSPS) is 17.9. The van der Waals surface area contributed by atoms with E-state index in [1.807, 2.05) is 18.2 Å². The van der Waals surface area contributed by atoms with Gasteiger partial charge >= 0.3 is 0 Å². The van der Waals surface area contributed by atoms with Gasteiger partial charge in [-0.1, -0.05) is 24.3 Å². The van der Waals surface area contributed by atoms with Crippen LogP contribution in [0.1, 0.15) is 11.1 Å². The molecule has 0 radical (unpaired) electrons. The van der Waals surface area contributed by atoms with E-state index in [-0.39, 0.29) is 18.5 Å². The zero-order valence-electron chi connectivity index (χ0n) is 10.3. The SMILES string of the molecule is CN(CC(N)=O)C(=O)[C@@H]1Cc2ccccc2CN1. The number of benzene rings is 1. The van der Waals surface area contributed by atoms with E-state index in [2.05, 4.69) is 11.4 Å². The molecule has 0 spiro atoms. The molecular weight excluding hydrogens is 230 g/mol. The fraction of sp³-hybridized carbons (Fsp3) is 0.385. The molecule has 2 rings (SSSR count). The van der Waals surface area contributed by atoms with Crippen LogP contribution < -0.4 is 11.1 Å². The van der Waals surface area contributed by atoms with Crippen LogP contribution in [0, 0.1) is 0 Å². The fourth-order valence-corrected chi connectivity index (χ4v) is 2.21. The van der Waals surface area contributed by atoms with E-state index in [0.717, 1.165) is 0 Å². The monoisotopic (exact) mass is 247 g/mol. The van der Waals surface area contributed by atoms with Crippen molar-refractivity contribution in [3.05, 3.63) is 35.4 Å². The average Bonchev–Trinajstić information content (AvgIpc) is 2.36. The lowest BCUT2D eigenvalue weighted by Crippen LogP contribution is -2.49. The van der Waals surface area contributed by atoms with Crippen molar-refractivity contribution in [1.29, 1.82) is 0 Å². The van der Waals surface area contributed by atoms with Crippen molar-refractivity contribution >= 4 is 11.8 Å². The topological polar surface area (TPSA) is 75.4 Å². The van der Waals surface area contributed by atoms with E-state index in [4.69, 9.17) is 5.73 Å². The van der Waals surface area contributed by atoms with Crippen LogP contribution in [0.3, 0.4) is 0 Å². The molecule has 0 saturated heterocycles. The second-order valence-electron chi connectivity index (χ2n) is 4.57. The molecule has 5 nitrogen and oxygen atoms in total. The summed E-state index contributed by atoms with van der Waals surface area (Å²) in [6, 6.07) is 7.77. The first-order chi connectivity index (χ1) is 8.58. The molecule has 2 amide bonds. The Labute approximate surface area is 106 Å². The molecule has 1 aliphatic rings. The maximum Gasteiger partial charge on any atom is 0.240 e. The minimum atomic E-state index is -0.498. The van der Waals surface area contributed by atoms with E-state index < -0.39 is 5.91 Å². The number of fused-ring (bicyclic) bond motifs is 1. The molecule has 1 heterocycles. The number of amides is 2. The summed E-state index contributed by atoms with van der Waals surface area (Å²) in [6.07, 6.45) is 0.651. The van der Waals surface area contributed by atoms with Gasteiger partial charge in [-0.25, -0.2) is 0 Å². The number of likely N-dealkylation sites (N-methyl/N-ethyl adjacent to an activating group) is 1. The highest BCUT2D eigenvalue weighted by Crippen LogP contribution is 2.17. The van der Waals surface area contributed by atoms with Crippen LogP contribution in [0.5, 0.6) is 0 Å². The molecule has 3 N–H and O–H groups in total. The zero-order valence-corrected chi connectivity index (χ0v) is 10.3. The Bertz CT molecular complexity index is 473. The van der Waals surface area contributed by atoms with Gasteiger partial charge in [0, 0.05) is 13.6 Å². The Morgan fingerprint density at radius 2 is 2.06 bits per heavy atom. The molecule has 5 heteroatoms. The summed E-state index contributed by atoms with van der Waals surface area (Å²) in [6.45, 7) is 0.635. The van der Waals surface area contributed by atoms with Crippen LogP contribution in [0.4, 0.5) is 0 Å². The van der Waals surface area contributed by atoms with E-state index >= 15 is 0 Å². The first-order valence-corrected chi connectivity index (χ1v) is 5.91. The van der Waals surface area contributed by atoms with Crippen LogP contribution in [-0.4, -0.2) is 36.3 Å². The van der Waals surface area contributed by atoms with E-state index in [0.29, 0.717) is 13.0 Å². The summed E-state index contributed by atoms with van der Waals surface area (Å²) < 4.78 is 0. The highest BCUT2D eigenvalue weighted by atomic mass is 16.2. The lowest BCUT2D eigenvalue weighted by atomic mass is 9.95. The molecular formula is C13H17N3O2. The number of carbonyl (C=O) groups is 2. The Morgan fingerprint density at radius 1 is 1.39 bits per heavy atom.